The molecule has 0 saturated heterocycles. The van der Waals surface area contributed by atoms with Gasteiger partial charge in [-0.15, -0.1) is 0 Å². The van der Waals surface area contributed by atoms with E-state index in [1.165, 1.54) is 0 Å². The molecule has 0 aromatic carbocycles. The number of amides is 1. The first-order valence-electron chi connectivity index (χ1n) is 7.77. The van der Waals surface area contributed by atoms with Crippen LogP contribution < -0.4 is 22.5 Å². The average molecular weight is 346 g/mol. The van der Waals surface area contributed by atoms with Crippen LogP contribution >= 0.6 is 0 Å². The van der Waals surface area contributed by atoms with E-state index in [1.807, 2.05) is 26.8 Å². The predicted molar refractivity (Wildman–Crippen MR) is 98.3 cm³/mol. The Labute approximate surface area is 147 Å². The first kappa shape index (κ1) is 20.2. The van der Waals surface area contributed by atoms with E-state index in [4.69, 9.17) is 21.9 Å². The number of nitrogens with zero attached hydrogens (tertiary/aromatic N) is 2. The molecule has 8 heteroatoms. The van der Waals surface area contributed by atoms with Crippen molar-refractivity contribution in [2.24, 2.45) is 5.73 Å². The summed E-state index contributed by atoms with van der Waals surface area (Å²) >= 11 is 0. The normalized spacial score (nSPS) is 10.4. The maximum Gasteiger partial charge on any atom is 0.407 e. The molecule has 0 fully saturated rings. The summed E-state index contributed by atoms with van der Waals surface area (Å²) in [5, 5.41) is 2.63. The first-order chi connectivity index (χ1) is 11.7. The zero-order valence-electron chi connectivity index (χ0n) is 14.8. The van der Waals surface area contributed by atoms with Gasteiger partial charge in [-0.05, 0) is 44.0 Å². The van der Waals surface area contributed by atoms with Crippen LogP contribution in [-0.2, 0) is 17.8 Å². The van der Waals surface area contributed by atoms with Crippen molar-refractivity contribution in [1.82, 2.24) is 15.3 Å². The molecule has 0 aliphatic heterocycles. The van der Waals surface area contributed by atoms with Crippen molar-refractivity contribution in [3.63, 3.8) is 0 Å². The van der Waals surface area contributed by atoms with E-state index in [1.54, 1.807) is 30.6 Å². The van der Waals surface area contributed by atoms with Gasteiger partial charge >= 0.3 is 6.09 Å². The van der Waals surface area contributed by atoms with E-state index in [0.29, 0.717) is 24.7 Å². The molecule has 1 amide bonds. The van der Waals surface area contributed by atoms with Crippen LogP contribution in [0.25, 0.3) is 0 Å². The summed E-state index contributed by atoms with van der Waals surface area (Å²) in [5.74, 6) is 0.994. The monoisotopic (exact) mass is 346 g/mol. The second-order valence-electron chi connectivity index (χ2n) is 6.24. The minimum Gasteiger partial charge on any atom is -0.444 e. The number of carbonyl (C=O) groups excluding carboxylic acids is 1. The molecule has 2 rings (SSSR count). The van der Waals surface area contributed by atoms with Gasteiger partial charge < -0.3 is 27.3 Å². The van der Waals surface area contributed by atoms with Crippen LogP contribution in [0.5, 0.6) is 0 Å². The molecule has 0 spiro atoms. The van der Waals surface area contributed by atoms with E-state index in [2.05, 4.69) is 15.3 Å². The number of alkyl carbamates (subject to hydrolysis) is 1. The predicted octanol–water partition coefficient (Wildman–Crippen LogP) is 1.81. The number of nitrogens with two attached hydrogens (primary N) is 3. The van der Waals surface area contributed by atoms with Gasteiger partial charge in [0, 0.05) is 25.5 Å². The molecule has 0 unspecified atom stereocenters. The maximum atomic E-state index is 11.3. The average Bonchev–Trinajstić information content (AvgIpc) is 2.54. The Morgan fingerprint density at radius 1 is 1.04 bits per heavy atom. The number of hydrogen-bond acceptors (Lipinski definition) is 7. The molecule has 0 saturated carbocycles. The number of anilines is 2. The van der Waals surface area contributed by atoms with Gasteiger partial charge in [0.15, 0.2) is 0 Å². The SMILES string of the molecule is CC(C)(C)OC(=O)NCc1ccc(N)nc1.NCc1ccc(N)nc1. The standard InChI is InChI=1S/C11H17N3O2.C6H9N3/c1-11(2,3)16-10(15)14-7-8-4-5-9(12)13-6-8;7-3-5-1-2-6(8)9-4-5/h4-6H,7H2,1-3H3,(H2,12,13)(H,14,15);1-2,4H,3,7H2,(H2,8,9). The summed E-state index contributed by atoms with van der Waals surface area (Å²) in [7, 11) is 0. The largest absolute Gasteiger partial charge is 0.444 e. The summed E-state index contributed by atoms with van der Waals surface area (Å²) < 4.78 is 5.09. The third-order valence-electron chi connectivity index (χ3n) is 2.77. The number of pyridine rings is 2. The summed E-state index contributed by atoms with van der Waals surface area (Å²) in [6, 6.07) is 7.09. The zero-order chi connectivity index (χ0) is 18.9. The minimum absolute atomic E-state index is 0.377. The molecular formula is C17H26N6O2. The highest BCUT2D eigenvalue weighted by atomic mass is 16.6. The topological polar surface area (TPSA) is 142 Å². The van der Waals surface area contributed by atoms with Crippen LogP contribution in [0.4, 0.5) is 16.4 Å². The molecule has 0 bridgehead atoms. The van der Waals surface area contributed by atoms with Crippen molar-refractivity contribution in [1.29, 1.82) is 0 Å². The Balaban J connectivity index is 0.000000293. The molecule has 0 radical (unpaired) electrons. The highest BCUT2D eigenvalue weighted by Gasteiger charge is 2.15. The van der Waals surface area contributed by atoms with Crippen LogP contribution in [-0.4, -0.2) is 21.7 Å². The molecule has 7 N–H and O–H groups in total. The van der Waals surface area contributed by atoms with E-state index in [0.717, 1.165) is 11.1 Å². The Hall–Kier alpha value is -2.87. The second-order valence-corrected chi connectivity index (χ2v) is 6.24. The van der Waals surface area contributed by atoms with Crippen molar-refractivity contribution in [2.75, 3.05) is 11.5 Å². The molecule has 2 aromatic rings. The minimum atomic E-state index is -0.483. The van der Waals surface area contributed by atoms with E-state index >= 15 is 0 Å². The number of nitrogen functional groups attached to an aromatic ring is 2. The number of hydrogen-bond donors (Lipinski definition) is 4. The lowest BCUT2D eigenvalue weighted by Gasteiger charge is -2.19. The summed E-state index contributed by atoms with van der Waals surface area (Å²) in [5.41, 5.74) is 17.5. The molecule has 0 atom stereocenters. The summed E-state index contributed by atoms with van der Waals surface area (Å²) in [4.78, 5) is 19.1. The molecule has 0 aliphatic rings. The van der Waals surface area contributed by atoms with Gasteiger partial charge in [-0.2, -0.15) is 0 Å². The maximum absolute atomic E-state index is 11.3. The number of aromatic nitrogens is 2. The Morgan fingerprint density at radius 2 is 1.56 bits per heavy atom. The van der Waals surface area contributed by atoms with Gasteiger partial charge in [-0.25, -0.2) is 14.8 Å². The lowest BCUT2D eigenvalue weighted by molar-refractivity contribution is 0.0523. The van der Waals surface area contributed by atoms with E-state index in [9.17, 15) is 4.79 Å². The molecule has 25 heavy (non-hydrogen) atoms. The molecule has 136 valence electrons. The van der Waals surface area contributed by atoms with Gasteiger partial charge in [0.05, 0.1) is 0 Å². The zero-order valence-corrected chi connectivity index (χ0v) is 14.8. The number of rotatable bonds is 3. The molecule has 2 aromatic heterocycles. The number of carbonyl (C=O) groups is 1. The molecule has 0 aliphatic carbocycles. The first-order valence-corrected chi connectivity index (χ1v) is 7.77. The van der Waals surface area contributed by atoms with Crippen LogP contribution in [0, 0.1) is 0 Å². The van der Waals surface area contributed by atoms with Gasteiger partial charge in [-0.1, -0.05) is 12.1 Å². The van der Waals surface area contributed by atoms with E-state index in [-0.39, 0.29) is 0 Å². The lowest BCUT2D eigenvalue weighted by atomic mass is 10.2. The van der Waals surface area contributed by atoms with Crippen molar-refractivity contribution >= 4 is 17.7 Å². The summed E-state index contributed by atoms with van der Waals surface area (Å²) in [6.45, 7) is 6.35. The molecule has 2 heterocycles. The lowest BCUT2D eigenvalue weighted by Crippen LogP contribution is -2.32. The Morgan fingerprint density at radius 3 is 1.96 bits per heavy atom. The Kier molecular flexibility index (Phi) is 7.61. The Bertz CT molecular complexity index is 650. The van der Waals surface area contributed by atoms with Crippen LogP contribution in [0.2, 0.25) is 0 Å². The van der Waals surface area contributed by atoms with Crippen molar-refractivity contribution in [3.05, 3.63) is 47.8 Å². The third kappa shape index (κ3) is 9.11. The van der Waals surface area contributed by atoms with Gasteiger partial charge in [0.2, 0.25) is 0 Å². The van der Waals surface area contributed by atoms with Gasteiger partial charge in [-0.3, -0.25) is 0 Å². The fourth-order valence-electron chi connectivity index (χ4n) is 1.59. The highest BCUT2D eigenvalue weighted by Crippen LogP contribution is 2.07. The van der Waals surface area contributed by atoms with Crippen molar-refractivity contribution in [2.45, 2.75) is 39.5 Å². The second kappa shape index (κ2) is 9.43. The van der Waals surface area contributed by atoms with Crippen molar-refractivity contribution in [3.8, 4) is 0 Å². The third-order valence-corrected chi connectivity index (χ3v) is 2.77. The van der Waals surface area contributed by atoms with Crippen LogP contribution in [0.15, 0.2) is 36.7 Å². The van der Waals surface area contributed by atoms with E-state index < -0.39 is 11.7 Å². The van der Waals surface area contributed by atoms with Crippen LogP contribution in [0.1, 0.15) is 31.9 Å². The highest BCUT2D eigenvalue weighted by molar-refractivity contribution is 5.67. The fraction of sp³-hybridized carbons (Fsp3) is 0.353. The molecule has 8 nitrogen and oxygen atoms in total. The van der Waals surface area contributed by atoms with Crippen molar-refractivity contribution < 1.29 is 9.53 Å². The van der Waals surface area contributed by atoms with Crippen LogP contribution in [0.3, 0.4) is 0 Å². The van der Waals surface area contributed by atoms with Gasteiger partial charge in [0.25, 0.3) is 0 Å². The smallest absolute Gasteiger partial charge is 0.407 e. The quantitative estimate of drug-likeness (QED) is 0.663. The summed E-state index contributed by atoms with van der Waals surface area (Å²) in [6.07, 6.45) is 2.85. The number of ether oxygens (including phenoxy) is 1. The molecular weight excluding hydrogens is 320 g/mol. The fourth-order valence-corrected chi connectivity index (χ4v) is 1.59. The van der Waals surface area contributed by atoms with Gasteiger partial charge in [0.1, 0.15) is 17.2 Å². The number of nitrogens with one attached hydrogen (secondary N) is 1.